The fourth-order valence-corrected chi connectivity index (χ4v) is 2.84. The Bertz CT molecular complexity index is 341. The molecule has 0 bridgehead atoms. The minimum atomic E-state index is -0.854. The van der Waals surface area contributed by atoms with Gasteiger partial charge in [-0.3, -0.25) is 4.79 Å². The summed E-state index contributed by atoms with van der Waals surface area (Å²) >= 11 is 1.81. The molecule has 1 aliphatic carbocycles. The van der Waals surface area contributed by atoms with Crippen molar-refractivity contribution >= 4 is 17.7 Å². The second-order valence-corrected chi connectivity index (χ2v) is 6.15. The lowest BCUT2D eigenvalue weighted by Gasteiger charge is -2.29. The van der Waals surface area contributed by atoms with Gasteiger partial charge in [0.25, 0.3) is 0 Å². The molecule has 1 saturated carbocycles. The maximum absolute atomic E-state index is 12.1. The van der Waals surface area contributed by atoms with Crippen LogP contribution in [0, 0.1) is 16.7 Å². The Balaban J connectivity index is 1.91. The summed E-state index contributed by atoms with van der Waals surface area (Å²) in [4.78, 5) is 12.1. The quantitative estimate of drug-likeness (QED) is 0.822. The number of nitriles is 1. The molecule has 2 aliphatic rings. The number of ether oxygens (including phenoxy) is 1. The predicted molar refractivity (Wildman–Crippen MR) is 66.6 cm³/mol. The van der Waals surface area contributed by atoms with Crippen molar-refractivity contribution in [2.45, 2.75) is 30.4 Å². The molecule has 1 saturated heterocycles. The minimum Gasteiger partial charge on any atom is -0.381 e. The molecule has 5 heteroatoms. The first kappa shape index (κ1) is 12.7. The zero-order valence-corrected chi connectivity index (χ0v) is 10.9. The van der Waals surface area contributed by atoms with Crippen molar-refractivity contribution in [2.75, 3.05) is 26.0 Å². The van der Waals surface area contributed by atoms with E-state index in [1.807, 2.05) is 11.8 Å². The van der Waals surface area contributed by atoms with Gasteiger partial charge >= 0.3 is 0 Å². The number of nitrogens with one attached hydrogen (secondary N) is 1. The lowest BCUT2D eigenvalue weighted by Crippen LogP contribution is -2.45. The van der Waals surface area contributed by atoms with E-state index in [0.29, 0.717) is 32.6 Å². The van der Waals surface area contributed by atoms with E-state index in [4.69, 9.17) is 4.74 Å². The molecule has 0 aromatic heterocycles. The molecule has 1 heterocycles. The zero-order valence-electron chi connectivity index (χ0n) is 10.1. The first-order valence-electron chi connectivity index (χ1n) is 5.99. The van der Waals surface area contributed by atoms with Crippen LogP contribution < -0.4 is 5.32 Å². The second kappa shape index (κ2) is 4.87. The van der Waals surface area contributed by atoms with Gasteiger partial charge in [-0.1, -0.05) is 0 Å². The van der Waals surface area contributed by atoms with Crippen LogP contribution in [0.1, 0.15) is 25.7 Å². The molecule has 0 unspecified atom stereocenters. The first-order chi connectivity index (χ1) is 8.16. The Morgan fingerprint density at radius 3 is 2.53 bits per heavy atom. The molecule has 17 heavy (non-hydrogen) atoms. The molecular weight excluding hydrogens is 236 g/mol. The highest BCUT2D eigenvalue weighted by Gasteiger charge is 2.45. The highest BCUT2D eigenvalue weighted by Crippen LogP contribution is 2.46. The van der Waals surface area contributed by atoms with E-state index in [1.54, 1.807) is 0 Å². The van der Waals surface area contributed by atoms with Gasteiger partial charge in [0.1, 0.15) is 5.41 Å². The Labute approximate surface area is 106 Å². The van der Waals surface area contributed by atoms with Crippen LogP contribution in [0.2, 0.25) is 0 Å². The summed E-state index contributed by atoms with van der Waals surface area (Å²) in [5.74, 6) is -0.108. The third-order valence-electron chi connectivity index (χ3n) is 3.81. The van der Waals surface area contributed by atoms with Gasteiger partial charge in [-0.25, -0.2) is 0 Å². The van der Waals surface area contributed by atoms with Gasteiger partial charge in [-0.2, -0.15) is 17.0 Å². The minimum absolute atomic E-state index is 0.108. The molecule has 4 nitrogen and oxygen atoms in total. The maximum Gasteiger partial charge on any atom is 0.240 e. The van der Waals surface area contributed by atoms with Gasteiger partial charge < -0.3 is 10.1 Å². The van der Waals surface area contributed by atoms with E-state index in [2.05, 4.69) is 17.6 Å². The normalized spacial score (nSPS) is 24.7. The Kier molecular flexibility index (Phi) is 3.64. The highest BCUT2D eigenvalue weighted by atomic mass is 32.2. The predicted octanol–water partition coefficient (Wildman–Crippen LogP) is 1.32. The van der Waals surface area contributed by atoms with Gasteiger partial charge in [0.05, 0.1) is 6.07 Å². The molecule has 0 aromatic rings. The fourth-order valence-electron chi connectivity index (χ4n) is 2.11. The van der Waals surface area contributed by atoms with Crippen LogP contribution in [0.3, 0.4) is 0 Å². The molecule has 94 valence electrons. The standard InChI is InChI=1S/C12H18N2O2S/c1-17-12(2-3-12)9-14-10(15)11(8-13)4-6-16-7-5-11/h2-7,9H2,1H3,(H,14,15). The number of rotatable bonds is 4. The van der Waals surface area contributed by atoms with E-state index in [-0.39, 0.29) is 10.7 Å². The number of carbonyl (C=O) groups excluding carboxylic acids is 1. The first-order valence-corrected chi connectivity index (χ1v) is 7.21. The zero-order chi connectivity index (χ0) is 12.4. The maximum atomic E-state index is 12.1. The molecule has 2 rings (SSSR count). The highest BCUT2D eigenvalue weighted by molar-refractivity contribution is 8.00. The fraction of sp³-hybridized carbons (Fsp3) is 0.833. The Hall–Kier alpha value is -0.730. The van der Waals surface area contributed by atoms with E-state index >= 15 is 0 Å². The number of thioether (sulfide) groups is 1. The van der Waals surface area contributed by atoms with Crippen LogP contribution in [-0.4, -0.2) is 36.7 Å². The van der Waals surface area contributed by atoms with Crippen LogP contribution in [0.25, 0.3) is 0 Å². The summed E-state index contributed by atoms with van der Waals surface area (Å²) < 4.78 is 5.47. The average Bonchev–Trinajstić information content (AvgIpc) is 3.17. The third-order valence-corrected chi connectivity index (χ3v) is 5.23. The van der Waals surface area contributed by atoms with Crippen molar-refractivity contribution in [1.82, 2.24) is 5.32 Å². The van der Waals surface area contributed by atoms with Crippen LogP contribution >= 0.6 is 11.8 Å². The lowest BCUT2D eigenvalue weighted by atomic mass is 9.81. The van der Waals surface area contributed by atoms with Crippen molar-refractivity contribution in [2.24, 2.45) is 5.41 Å². The van der Waals surface area contributed by atoms with Gasteiger partial charge in [0, 0.05) is 24.5 Å². The van der Waals surface area contributed by atoms with Crippen LogP contribution in [0.5, 0.6) is 0 Å². The van der Waals surface area contributed by atoms with Crippen molar-refractivity contribution < 1.29 is 9.53 Å². The largest absolute Gasteiger partial charge is 0.381 e. The van der Waals surface area contributed by atoms with Crippen LogP contribution in [-0.2, 0) is 9.53 Å². The van der Waals surface area contributed by atoms with Crippen molar-refractivity contribution in [1.29, 1.82) is 5.26 Å². The summed E-state index contributed by atoms with van der Waals surface area (Å²) in [6.45, 7) is 1.71. The van der Waals surface area contributed by atoms with Gasteiger partial charge in [-0.15, -0.1) is 0 Å². The summed E-state index contributed by atoms with van der Waals surface area (Å²) in [5.41, 5.74) is -0.854. The Morgan fingerprint density at radius 1 is 1.41 bits per heavy atom. The summed E-state index contributed by atoms with van der Waals surface area (Å²) in [6.07, 6.45) is 5.44. The number of amides is 1. The molecular formula is C12H18N2O2S. The molecule has 1 aliphatic heterocycles. The van der Waals surface area contributed by atoms with Crippen LogP contribution in [0.15, 0.2) is 0 Å². The van der Waals surface area contributed by atoms with Crippen molar-refractivity contribution in [3.63, 3.8) is 0 Å². The van der Waals surface area contributed by atoms with E-state index in [1.165, 1.54) is 0 Å². The smallest absolute Gasteiger partial charge is 0.240 e. The number of hydrogen-bond acceptors (Lipinski definition) is 4. The number of carbonyl (C=O) groups is 1. The average molecular weight is 254 g/mol. The molecule has 0 spiro atoms. The number of hydrogen-bond donors (Lipinski definition) is 1. The molecule has 1 N–H and O–H groups in total. The van der Waals surface area contributed by atoms with Gasteiger partial charge in [-0.05, 0) is 31.9 Å². The van der Waals surface area contributed by atoms with E-state index in [0.717, 1.165) is 12.8 Å². The molecule has 1 amide bonds. The van der Waals surface area contributed by atoms with Crippen molar-refractivity contribution in [3.8, 4) is 6.07 Å². The van der Waals surface area contributed by atoms with Crippen LogP contribution in [0.4, 0.5) is 0 Å². The second-order valence-electron chi connectivity index (χ2n) is 4.88. The third kappa shape index (κ3) is 2.58. The molecule has 0 aromatic carbocycles. The molecule has 0 radical (unpaired) electrons. The molecule has 0 atom stereocenters. The summed E-state index contributed by atoms with van der Waals surface area (Å²) in [7, 11) is 0. The summed E-state index contributed by atoms with van der Waals surface area (Å²) in [6, 6.07) is 2.19. The SMILES string of the molecule is CSC1(CNC(=O)C2(C#N)CCOCC2)CC1. The molecule has 2 fully saturated rings. The summed E-state index contributed by atoms with van der Waals surface area (Å²) in [5, 5.41) is 12.2. The van der Waals surface area contributed by atoms with Gasteiger partial charge in [0.2, 0.25) is 5.91 Å². The topological polar surface area (TPSA) is 62.1 Å². The van der Waals surface area contributed by atoms with E-state index in [9.17, 15) is 10.1 Å². The van der Waals surface area contributed by atoms with Gasteiger partial charge in [0.15, 0.2) is 0 Å². The van der Waals surface area contributed by atoms with Crippen molar-refractivity contribution in [3.05, 3.63) is 0 Å². The Morgan fingerprint density at radius 2 is 2.06 bits per heavy atom. The number of nitrogens with zero attached hydrogens (tertiary/aromatic N) is 1. The monoisotopic (exact) mass is 254 g/mol. The lowest BCUT2D eigenvalue weighted by molar-refractivity contribution is -0.132. The van der Waals surface area contributed by atoms with E-state index < -0.39 is 5.41 Å².